The van der Waals surface area contributed by atoms with Crippen LogP contribution < -0.4 is 5.32 Å². The lowest BCUT2D eigenvalue weighted by atomic mass is 10.1. The first kappa shape index (κ1) is 22.9. The highest BCUT2D eigenvalue weighted by Gasteiger charge is 2.28. The molecule has 1 aromatic carbocycles. The summed E-state index contributed by atoms with van der Waals surface area (Å²) in [5, 5.41) is 4.50. The van der Waals surface area contributed by atoms with Crippen molar-refractivity contribution in [1.29, 1.82) is 0 Å². The Kier molecular flexibility index (Phi) is 6.87. The molecule has 1 aromatic heterocycles. The Morgan fingerprint density at radius 3 is 2.56 bits per heavy atom. The molecule has 2 N–H and O–H groups in total. The number of aromatic nitrogens is 1. The fourth-order valence-corrected chi connectivity index (χ4v) is 5.62. The zero-order valence-corrected chi connectivity index (χ0v) is 20.0. The van der Waals surface area contributed by atoms with Gasteiger partial charge < -0.3 is 20.1 Å². The van der Waals surface area contributed by atoms with Crippen LogP contribution in [0.1, 0.15) is 29.6 Å². The van der Waals surface area contributed by atoms with E-state index in [1.807, 2.05) is 34.2 Å². The highest BCUT2D eigenvalue weighted by Crippen LogP contribution is 2.21. The smallest absolute Gasteiger partial charge is 0.257 e. The average molecular weight is 483 g/mol. The summed E-state index contributed by atoms with van der Waals surface area (Å²) in [7, 11) is 0. The summed E-state index contributed by atoms with van der Waals surface area (Å²) >= 11 is 1.48. The van der Waals surface area contributed by atoms with E-state index in [0.717, 1.165) is 49.9 Å². The maximum atomic E-state index is 12.8. The van der Waals surface area contributed by atoms with Crippen LogP contribution in [-0.4, -0.2) is 100 Å². The second-order valence-electron chi connectivity index (χ2n) is 9.08. The SMILES string of the molecule is O=C(NC1=NC(CC(=O)N2CCN(CC(=O)N3CCCC3)CC2)CS1)c1ccc2cc[nH]c2c1. The number of H-pyrrole nitrogens is 1. The fourth-order valence-electron chi connectivity index (χ4n) is 4.69. The van der Waals surface area contributed by atoms with Crippen molar-refractivity contribution in [3.63, 3.8) is 0 Å². The van der Waals surface area contributed by atoms with E-state index in [-0.39, 0.29) is 23.8 Å². The summed E-state index contributed by atoms with van der Waals surface area (Å²) in [6.07, 6.45) is 4.39. The molecule has 1 unspecified atom stereocenters. The third-order valence-corrected chi connectivity index (χ3v) is 7.74. The molecule has 5 rings (SSSR count). The van der Waals surface area contributed by atoms with E-state index in [2.05, 4.69) is 20.2 Å². The minimum atomic E-state index is -0.200. The van der Waals surface area contributed by atoms with Gasteiger partial charge in [-0.25, -0.2) is 0 Å². The van der Waals surface area contributed by atoms with Crippen LogP contribution in [0.4, 0.5) is 0 Å². The molecule has 10 heteroatoms. The molecule has 3 aliphatic rings. The Morgan fingerprint density at radius 2 is 1.76 bits per heavy atom. The molecule has 2 fully saturated rings. The second kappa shape index (κ2) is 10.2. The van der Waals surface area contributed by atoms with Crippen molar-refractivity contribution in [2.45, 2.75) is 25.3 Å². The number of rotatable bonds is 5. The van der Waals surface area contributed by atoms with E-state index in [4.69, 9.17) is 0 Å². The molecule has 0 radical (unpaired) electrons. The molecule has 3 amide bonds. The number of piperazine rings is 1. The molecule has 0 saturated carbocycles. The number of nitrogens with one attached hydrogen (secondary N) is 2. The zero-order chi connectivity index (χ0) is 23.5. The van der Waals surface area contributed by atoms with Gasteiger partial charge in [0.25, 0.3) is 5.91 Å². The summed E-state index contributed by atoms with van der Waals surface area (Å²) in [5.41, 5.74) is 1.48. The second-order valence-corrected chi connectivity index (χ2v) is 10.1. The van der Waals surface area contributed by atoms with E-state index in [0.29, 0.717) is 42.5 Å². The Labute approximate surface area is 202 Å². The number of aliphatic imine (C=N–C) groups is 1. The minimum absolute atomic E-state index is 0.0876. The molecular weight excluding hydrogens is 452 g/mol. The lowest BCUT2D eigenvalue weighted by Gasteiger charge is -2.35. The van der Waals surface area contributed by atoms with E-state index in [9.17, 15) is 14.4 Å². The van der Waals surface area contributed by atoms with E-state index >= 15 is 0 Å². The highest BCUT2D eigenvalue weighted by molar-refractivity contribution is 8.14. The van der Waals surface area contributed by atoms with Crippen LogP contribution in [-0.2, 0) is 9.59 Å². The van der Waals surface area contributed by atoms with Crippen LogP contribution in [0, 0.1) is 0 Å². The van der Waals surface area contributed by atoms with Crippen LogP contribution in [0.2, 0.25) is 0 Å². The van der Waals surface area contributed by atoms with Crippen molar-refractivity contribution in [3.05, 3.63) is 36.0 Å². The number of likely N-dealkylation sites (tertiary alicyclic amines) is 1. The van der Waals surface area contributed by atoms with Gasteiger partial charge in [0.05, 0.1) is 19.0 Å². The first-order valence-electron chi connectivity index (χ1n) is 11.9. The van der Waals surface area contributed by atoms with Crippen LogP contribution in [0.3, 0.4) is 0 Å². The van der Waals surface area contributed by atoms with Gasteiger partial charge in [0.2, 0.25) is 11.8 Å². The number of benzene rings is 1. The topological polar surface area (TPSA) is 101 Å². The summed E-state index contributed by atoms with van der Waals surface area (Å²) in [5.74, 6) is 0.775. The Hall–Kier alpha value is -2.85. The molecule has 0 aliphatic carbocycles. The number of carbonyl (C=O) groups is 3. The number of carbonyl (C=O) groups excluding carboxylic acids is 3. The molecule has 2 aromatic rings. The maximum absolute atomic E-state index is 12.8. The Bertz CT molecular complexity index is 1100. The summed E-state index contributed by atoms with van der Waals surface area (Å²) in [6.45, 7) is 4.93. The van der Waals surface area contributed by atoms with E-state index in [1.54, 1.807) is 6.07 Å². The fraction of sp³-hybridized carbons (Fsp3) is 0.500. The van der Waals surface area contributed by atoms with Gasteiger partial charge in [0.15, 0.2) is 5.17 Å². The quantitative estimate of drug-likeness (QED) is 0.673. The molecular formula is C24H30N6O3S. The largest absolute Gasteiger partial charge is 0.361 e. The third kappa shape index (κ3) is 5.28. The number of fused-ring (bicyclic) bond motifs is 1. The van der Waals surface area contributed by atoms with Gasteiger partial charge in [-0.3, -0.25) is 24.3 Å². The van der Waals surface area contributed by atoms with Gasteiger partial charge in [-0.1, -0.05) is 17.8 Å². The van der Waals surface area contributed by atoms with Crippen molar-refractivity contribution < 1.29 is 14.4 Å². The minimum Gasteiger partial charge on any atom is -0.361 e. The van der Waals surface area contributed by atoms with Gasteiger partial charge in [0.1, 0.15) is 0 Å². The number of nitrogens with zero attached hydrogens (tertiary/aromatic N) is 4. The zero-order valence-electron chi connectivity index (χ0n) is 19.2. The molecule has 9 nitrogen and oxygen atoms in total. The van der Waals surface area contributed by atoms with Crippen LogP contribution in [0.15, 0.2) is 35.5 Å². The van der Waals surface area contributed by atoms with Crippen molar-refractivity contribution in [3.8, 4) is 0 Å². The molecule has 34 heavy (non-hydrogen) atoms. The first-order chi connectivity index (χ1) is 16.5. The molecule has 3 aliphatic heterocycles. The number of aromatic amines is 1. The summed E-state index contributed by atoms with van der Waals surface area (Å²) in [6, 6.07) is 7.36. The lowest BCUT2D eigenvalue weighted by Crippen LogP contribution is -2.51. The predicted molar refractivity (Wildman–Crippen MR) is 133 cm³/mol. The number of hydrogen-bond acceptors (Lipinski definition) is 6. The van der Waals surface area contributed by atoms with Crippen LogP contribution >= 0.6 is 11.8 Å². The molecule has 2 saturated heterocycles. The van der Waals surface area contributed by atoms with Crippen molar-refractivity contribution in [1.82, 2.24) is 25.0 Å². The summed E-state index contributed by atoms with van der Waals surface area (Å²) < 4.78 is 0. The molecule has 1 atom stereocenters. The Balaban J connectivity index is 1.07. The summed E-state index contributed by atoms with van der Waals surface area (Å²) in [4.78, 5) is 51.4. The van der Waals surface area contributed by atoms with Gasteiger partial charge in [-0.2, -0.15) is 0 Å². The molecule has 0 bridgehead atoms. The maximum Gasteiger partial charge on any atom is 0.257 e. The predicted octanol–water partition coefficient (Wildman–Crippen LogP) is 1.53. The number of hydrogen-bond donors (Lipinski definition) is 2. The number of amidine groups is 1. The van der Waals surface area contributed by atoms with E-state index < -0.39 is 0 Å². The highest BCUT2D eigenvalue weighted by atomic mass is 32.2. The monoisotopic (exact) mass is 482 g/mol. The van der Waals surface area contributed by atoms with Gasteiger partial charge in [-0.15, -0.1) is 0 Å². The molecule has 0 spiro atoms. The van der Waals surface area contributed by atoms with Crippen LogP contribution in [0.5, 0.6) is 0 Å². The third-order valence-electron chi connectivity index (χ3n) is 6.70. The van der Waals surface area contributed by atoms with Crippen molar-refractivity contribution in [2.75, 3.05) is 51.6 Å². The Morgan fingerprint density at radius 1 is 1.00 bits per heavy atom. The van der Waals surface area contributed by atoms with Crippen molar-refractivity contribution >= 4 is 45.6 Å². The number of thioether (sulfide) groups is 1. The normalized spacial score (nSPS) is 21.2. The van der Waals surface area contributed by atoms with Gasteiger partial charge >= 0.3 is 0 Å². The number of amides is 3. The molecule has 180 valence electrons. The van der Waals surface area contributed by atoms with Crippen molar-refractivity contribution in [2.24, 2.45) is 4.99 Å². The standard InChI is InChI=1S/C24H30N6O3S/c31-21(30-11-9-28(10-12-30)15-22(32)29-7-1-2-8-29)14-19-16-34-24(26-19)27-23(33)18-4-3-17-5-6-25-20(17)13-18/h3-6,13,19,25H,1-2,7-12,14-16H2,(H,26,27,33). The molecule has 4 heterocycles. The van der Waals surface area contributed by atoms with Crippen LogP contribution in [0.25, 0.3) is 10.9 Å². The first-order valence-corrected chi connectivity index (χ1v) is 12.9. The van der Waals surface area contributed by atoms with Gasteiger partial charge in [-0.05, 0) is 36.4 Å². The average Bonchev–Trinajstić information content (AvgIpc) is 3.61. The van der Waals surface area contributed by atoms with Gasteiger partial charge in [0, 0.05) is 62.3 Å². The van der Waals surface area contributed by atoms with E-state index in [1.165, 1.54) is 11.8 Å². The lowest BCUT2D eigenvalue weighted by molar-refractivity contribution is -0.134.